The van der Waals surface area contributed by atoms with Crippen LogP contribution in [0.1, 0.15) is 25.0 Å². The van der Waals surface area contributed by atoms with Crippen LogP contribution >= 0.6 is 11.8 Å². The van der Waals surface area contributed by atoms with Gasteiger partial charge in [-0.2, -0.15) is 5.26 Å². The lowest BCUT2D eigenvalue weighted by molar-refractivity contribution is -0.133. The first kappa shape index (κ1) is 19.0. The van der Waals surface area contributed by atoms with Gasteiger partial charge >= 0.3 is 0 Å². The van der Waals surface area contributed by atoms with Crippen LogP contribution in [-0.2, 0) is 16.1 Å². The number of thioether (sulfide) groups is 1. The van der Waals surface area contributed by atoms with Crippen molar-refractivity contribution < 1.29 is 9.59 Å². The quantitative estimate of drug-likeness (QED) is 0.798. The predicted molar refractivity (Wildman–Crippen MR) is 106 cm³/mol. The molecule has 3 rings (SSSR count). The van der Waals surface area contributed by atoms with Gasteiger partial charge in [0, 0.05) is 17.5 Å². The van der Waals surface area contributed by atoms with E-state index in [0.29, 0.717) is 17.9 Å². The fraction of sp³-hybridized carbons (Fsp3) is 0.286. The molecule has 1 heterocycles. The third-order valence-corrected chi connectivity index (χ3v) is 5.53. The zero-order valence-electron chi connectivity index (χ0n) is 15.4. The molecule has 0 fully saturated rings. The Morgan fingerprint density at radius 3 is 2.59 bits per heavy atom. The van der Waals surface area contributed by atoms with Gasteiger partial charge < -0.3 is 9.80 Å². The Morgan fingerprint density at radius 1 is 1.22 bits per heavy atom. The summed E-state index contributed by atoms with van der Waals surface area (Å²) < 4.78 is 0. The van der Waals surface area contributed by atoms with Crippen molar-refractivity contribution in [1.82, 2.24) is 4.90 Å². The van der Waals surface area contributed by atoms with Crippen LogP contribution in [0.4, 0.5) is 5.69 Å². The molecule has 2 aromatic rings. The van der Waals surface area contributed by atoms with Gasteiger partial charge in [0.1, 0.15) is 6.54 Å². The van der Waals surface area contributed by atoms with Crippen LogP contribution in [0.5, 0.6) is 0 Å². The smallest absolute Gasteiger partial charge is 0.243 e. The number of amides is 2. The molecule has 0 bridgehead atoms. The zero-order valence-corrected chi connectivity index (χ0v) is 16.2. The van der Waals surface area contributed by atoms with Gasteiger partial charge in [-0.25, -0.2) is 0 Å². The largest absolute Gasteiger partial charge is 0.334 e. The highest BCUT2D eigenvalue weighted by atomic mass is 32.2. The third-order valence-electron chi connectivity index (χ3n) is 4.48. The molecule has 0 unspecified atom stereocenters. The van der Waals surface area contributed by atoms with Gasteiger partial charge in [0.15, 0.2) is 0 Å². The van der Waals surface area contributed by atoms with Crippen LogP contribution < -0.4 is 4.90 Å². The molecule has 138 valence electrons. The van der Waals surface area contributed by atoms with Crippen molar-refractivity contribution in [3.05, 3.63) is 59.7 Å². The number of nitrogens with zero attached hydrogens (tertiary/aromatic N) is 3. The van der Waals surface area contributed by atoms with Gasteiger partial charge in [0.2, 0.25) is 11.8 Å². The molecule has 5 nitrogen and oxygen atoms in total. The summed E-state index contributed by atoms with van der Waals surface area (Å²) in [6.07, 6.45) is 0. The molecule has 27 heavy (non-hydrogen) atoms. The van der Waals surface area contributed by atoms with Crippen LogP contribution in [0.3, 0.4) is 0 Å². The molecule has 0 N–H and O–H groups in total. The number of para-hydroxylation sites is 1. The molecule has 2 aromatic carbocycles. The lowest BCUT2D eigenvalue weighted by Crippen LogP contribution is -2.46. The molecular weight excluding hydrogens is 358 g/mol. The molecule has 1 aliphatic rings. The number of hydrogen-bond donors (Lipinski definition) is 0. The topological polar surface area (TPSA) is 64.4 Å². The van der Waals surface area contributed by atoms with E-state index in [4.69, 9.17) is 5.26 Å². The van der Waals surface area contributed by atoms with Gasteiger partial charge in [0.05, 0.1) is 23.1 Å². The van der Waals surface area contributed by atoms with Crippen molar-refractivity contribution in [2.75, 3.05) is 17.2 Å². The molecular formula is C21H21N3O2S. The molecule has 0 saturated carbocycles. The maximum Gasteiger partial charge on any atom is 0.243 e. The summed E-state index contributed by atoms with van der Waals surface area (Å²) in [5.74, 6) is 0.209. The number of fused-ring (bicyclic) bond motifs is 1. The van der Waals surface area contributed by atoms with Crippen LogP contribution in [0.15, 0.2) is 53.4 Å². The summed E-state index contributed by atoms with van der Waals surface area (Å²) in [5, 5.41) is 8.92. The maximum absolute atomic E-state index is 13.0. The minimum Gasteiger partial charge on any atom is -0.334 e. The van der Waals surface area contributed by atoms with Gasteiger partial charge in [-0.15, -0.1) is 11.8 Å². The van der Waals surface area contributed by atoms with E-state index in [-0.39, 0.29) is 24.4 Å². The molecule has 0 saturated heterocycles. The number of rotatable bonds is 5. The van der Waals surface area contributed by atoms with Crippen molar-refractivity contribution in [2.24, 2.45) is 0 Å². The molecule has 6 heteroatoms. The van der Waals surface area contributed by atoms with Crippen molar-refractivity contribution in [1.29, 1.82) is 5.26 Å². The minimum absolute atomic E-state index is 0.00217. The highest BCUT2D eigenvalue weighted by molar-refractivity contribution is 8.00. The second-order valence-electron chi connectivity index (χ2n) is 6.66. The van der Waals surface area contributed by atoms with E-state index in [2.05, 4.69) is 6.07 Å². The van der Waals surface area contributed by atoms with E-state index >= 15 is 0 Å². The van der Waals surface area contributed by atoms with E-state index in [0.717, 1.165) is 16.1 Å². The van der Waals surface area contributed by atoms with E-state index in [9.17, 15) is 9.59 Å². The molecule has 0 radical (unpaired) electrons. The van der Waals surface area contributed by atoms with Crippen LogP contribution in [0, 0.1) is 11.3 Å². The Balaban J connectivity index is 1.77. The molecule has 0 aliphatic carbocycles. The standard InChI is InChI=1S/C21H21N3O2S/c1-15(2)23(12-17-9-7-16(11-22)8-10-17)20(25)13-24-18-5-3-4-6-19(18)27-14-21(24)26/h3-10,15H,12-14H2,1-2H3. The minimum atomic E-state index is -0.0931. The Labute approximate surface area is 163 Å². The average molecular weight is 379 g/mol. The highest BCUT2D eigenvalue weighted by Gasteiger charge is 2.28. The summed E-state index contributed by atoms with van der Waals surface area (Å²) in [5.41, 5.74) is 2.35. The molecule has 0 atom stereocenters. The molecule has 0 aromatic heterocycles. The van der Waals surface area contributed by atoms with Crippen LogP contribution in [-0.4, -0.2) is 35.1 Å². The number of nitriles is 1. The lowest BCUT2D eigenvalue weighted by Gasteiger charge is -2.32. The number of anilines is 1. The Bertz CT molecular complexity index is 887. The van der Waals surface area contributed by atoms with E-state index in [1.165, 1.54) is 11.8 Å². The summed E-state index contributed by atoms with van der Waals surface area (Å²) >= 11 is 1.51. The summed E-state index contributed by atoms with van der Waals surface area (Å²) in [6.45, 7) is 4.40. The van der Waals surface area contributed by atoms with Crippen LogP contribution in [0.2, 0.25) is 0 Å². The number of hydrogen-bond acceptors (Lipinski definition) is 4. The summed E-state index contributed by atoms with van der Waals surface area (Å²) in [4.78, 5) is 29.8. The van der Waals surface area contributed by atoms with Gasteiger partial charge in [0.25, 0.3) is 0 Å². The first-order chi connectivity index (χ1) is 13.0. The van der Waals surface area contributed by atoms with E-state index in [1.54, 1.807) is 21.9 Å². The van der Waals surface area contributed by atoms with Crippen molar-refractivity contribution in [3.8, 4) is 6.07 Å². The maximum atomic E-state index is 13.0. The van der Waals surface area contributed by atoms with Gasteiger partial charge in [-0.05, 0) is 43.7 Å². The SMILES string of the molecule is CC(C)N(Cc1ccc(C#N)cc1)C(=O)CN1C(=O)CSc2ccccc21. The fourth-order valence-electron chi connectivity index (χ4n) is 2.99. The van der Waals surface area contributed by atoms with E-state index in [1.807, 2.05) is 50.2 Å². The average Bonchev–Trinajstić information content (AvgIpc) is 2.68. The Kier molecular flexibility index (Phi) is 5.82. The summed E-state index contributed by atoms with van der Waals surface area (Å²) in [6, 6.07) is 17.0. The monoisotopic (exact) mass is 379 g/mol. The number of carbonyl (C=O) groups is 2. The third kappa shape index (κ3) is 4.32. The van der Waals surface area contributed by atoms with Gasteiger partial charge in [-0.3, -0.25) is 9.59 Å². The van der Waals surface area contributed by atoms with Crippen molar-refractivity contribution >= 4 is 29.3 Å². The van der Waals surface area contributed by atoms with Gasteiger partial charge in [-0.1, -0.05) is 24.3 Å². The Morgan fingerprint density at radius 2 is 1.93 bits per heavy atom. The summed E-state index contributed by atoms with van der Waals surface area (Å²) in [7, 11) is 0. The zero-order chi connectivity index (χ0) is 19.4. The Hall–Kier alpha value is -2.78. The van der Waals surface area contributed by atoms with Crippen molar-refractivity contribution in [3.63, 3.8) is 0 Å². The lowest BCUT2D eigenvalue weighted by atomic mass is 10.1. The first-order valence-corrected chi connectivity index (χ1v) is 9.79. The van der Waals surface area contributed by atoms with E-state index < -0.39 is 0 Å². The second kappa shape index (κ2) is 8.28. The molecule has 0 spiro atoms. The van der Waals surface area contributed by atoms with Crippen LogP contribution in [0.25, 0.3) is 0 Å². The fourth-order valence-corrected chi connectivity index (χ4v) is 3.93. The van der Waals surface area contributed by atoms with Crippen molar-refractivity contribution in [2.45, 2.75) is 31.3 Å². The number of benzene rings is 2. The molecule has 1 aliphatic heterocycles. The normalized spacial score (nSPS) is 13.3. The number of carbonyl (C=O) groups excluding carboxylic acids is 2. The first-order valence-electron chi connectivity index (χ1n) is 8.80. The highest BCUT2D eigenvalue weighted by Crippen LogP contribution is 2.34. The second-order valence-corrected chi connectivity index (χ2v) is 7.68. The molecule has 2 amide bonds. The predicted octanol–water partition coefficient (Wildman–Crippen LogP) is 3.43.